The van der Waals surface area contributed by atoms with E-state index in [0.29, 0.717) is 10.8 Å². The molecule has 19 heavy (non-hydrogen) atoms. The van der Waals surface area contributed by atoms with Crippen LogP contribution in [0.4, 0.5) is 0 Å². The predicted octanol–water partition coefficient (Wildman–Crippen LogP) is 4.37. The fourth-order valence-corrected chi connectivity index (χ4v) is 2.17. The maximum Gasteiger partial charge on any atom is 0.337 e. The minimum Gasteiger partial charge on any atom is -0.495 e. The van der Waals surface area contributed by atoms with E-state index < -0.39 is 5.97 Å². The van der Waals surface area contributed by atoms with Gasteiger partial charge >= 0.3 is 5.97 Å². The normalized spacial score (nSPS) is 10.3. The van der Waals surface area contributed by atoms with Crippen LogP contribution in [0, 0.1) is 0 Å². The van der Waals surface area contributed by atoms with Crippen molar-refractivity contribution in [2.24, 2.45) is 0 Å². The summed E-state index contributed by atoms with van der Waals surface area (Å²) >= 11 is 11.9. The molecular weight excluding hydrogens is 287 g/mol. The lowest BCUT2D eigenvalue weighted by Gasteiger charge is -2.08. The van der Waals surface area contributed by atoms with Gasteiger partial charge in [0, 0.05) is 0 Å². The van der Waals surface area contributed by atoms with Crippen LogP contribution in [0.5, 0.6) is 5.75 Å². The van der Waals surface area contributed by atoms with Gasteiger partial charge in [0.05, 0.1) is 22.7 Å². The topological polar surface area (TPSA) is 46.5 Å². The van der Waals surface area contributed by atoms with Gasteiger partial charge in [-0.15, -0.1) is 0 Å². The van der Waals surface area contributed by atoms with Crippen molar-refractivity contribution < 1.29 is 14.6 Å². The smallest absolute Gasteiger partial charge is 0.337 e. The molecule has 0 radical (unpaired) electrons. The third-order valence-electron chi connectivity index (χ3n) is 2.68. The van der Waals surface area contributed by atoms with Gasteiger partial charge in [-0.1, -0.05) is 35.3 Å². The number of carbonyl (C=O) groups is 1. The highest BCUT2D eigenvalue weighted by Crippen LogP contribution is 2.31. The molecule has 0 heterocycles. The Hall–Kier alpha value is -1.71. The lowest BCUT2D eigenvalue weighted by molar-refractivity contribution is 0.0697. The molecule has 0 aliphatic rings. The summed E-state index contributed by atoms with van der Waals surface area (Å²) in [5.74, 6) is -0.496. The van der Waals surface area contributed by atoms with Crippen LogP contribution in [-0.2, 0) is 0 Å². The van der Waals surface area contributed by atoms with Gasteiger partial charge < -0.3 is 9.84 Å². The molecule has 3 nitrogen and oxygen atoms in total. The lowest BCUT2D eigenvalue weighted by atomic mass is 10.0. The Morgan fingerprint density at radius 1 is 1.05 bits per heavy atom. The van der Waals surface area contributed by atoms with Crippen molar-refractivity contribution >= 4 is 29.2 Å². The van der Waals surface area contributed by atoms with Crippen LogP contribution < -0.4 is 4.74 Å². The number of carboxylic acid groups (broad SMARTS) is 1. The second kappa shape index (κ2) is 5.51. The van der Waals surface area contributed by atoms with Gasteiger partial charge in [0.15, 0.2) is 0 Å². The minimum atomic E-state index is -1.06. The molecule has 0 saturated heterocycles. The predicted molar refractivity (Wildman–Crippen MR) is 75.4 cm³/mol. The molecule has 1 N–H and O–H groups in total. The summed E-state index contributed by atoms with van der Waals surface area (Å²) in [4.78, 5) is 11.0. The molecule has 0 saturated carbocycles. The number of carboxylic acids is 1. The summed E-state index contributed by atoms with van der Waals surface area (Å²) < 4.78 is 5.07. The van der Waals surface area contributed by atoms with E-state index in [1.165, 1.54) is 13.2 Å². The first-order chi connectivity index (χ1) is 9.02. The van der Waals surface area contributed by atoms with E-state index in [2.05, 4.69) is 0 Å². The summed E-state index contributed by atoms with van der Waals surface area (Å²) in [6.45, 7) is 0. The van der Waals surface area contributed by atoms with E-state index >= 15 is 0 Å². The van der Waals surface area contributed by atoms with Crippen LogP contribution in [0.2, 0.25) is 10.0 Å². The highest BCUT2D eigenvalue weighted by atomic mass is 35.5. The van der Waals surface area contributed by atoms with E-state index in [4.69, 9.17) is 33.0 Å². The second-order valence-corrected chi connectivity index (χ2v) is 4.66. The zero-order valence-electron chi connectivity index (χ0n) is 9.98. The summed E-state index contributed by atoms with van der Waals surface area (Å²) in [5.41, 5.74) is 1.59. The molecule has 0 aliphatic heterocycles. The van der Waals surface area contributed by atoms with Gasteiger partial charge in [-0.05, 0) is 35.4 Å². The van der Waals surface area contributed by atoms with Crippen LogP contribution >= 0.6 is 23.2 Å². The summed E-state index contributed by atoms with van der Waals surface area (Å²) in [7, 11) is 1.53. The summed E-state index contributed by atoms with van der Waals surface area (Å²) in [6.07, 6.45) is 0. The van der Waals surface area contributed by atoms with E-state index in [9.17, 15) is 4.79 Å². The Morgan fingerprint density at radius 2 is 1.68 bits per heavy atom. The molecule has 98 valence electrons. The summed E-state index contributed by atoms with van der Waals surface area (Å²) in [6, 6.07) is 10.1. The van der Waals surface area contributed by atoms with Gasteiger partial charge in [-0.25, -0.2) is 4.79 Å². The average Bonchev–Trinajstić information content (AvgIpc) is 2.38. The molecule has 2 aromatic rings. The zero-order valence-corrected chi connectivity index (χ0v) is 11.5. The third-order valence-corrected chi connectivity index (χ3v) is 3.31. The van der Waals surface area contributed by atoms with Crippen molar-refractivity contribution in [2.45, 2.75) is 0 Å². The number of rotatable bonds is 3. The fraction of sp³-hybridized carbons (Fsp3) is 0.0714. The van der Waals surface area contributed by atoms with Crippen LogP contribution in [0.15, 0.2) is 36.4 Å². The Balaban J connectivity index is 2.50. The van der Waals surface area contributed by atoms with E-state index in [1.54, 1.807) is 30.3 Å². The first-order valence-corrected chi connectivity index (χ1v) is 6.15. The quantitative estimate of drug-likeness (QED) is 0.915. The average molecular weight is 297 g/mol. The molecule has 0 aromatic heterocycles. The largest absolute Gasteiger partial charge is 0.495 e. The number of benzene rings is 2. The maximum atomic E-state index is 11.0. The maximum absolute atomic E-state index is 11.0. The van der Waals surface area contributed by atoms with Crippen molar-refractivity contribution in [2.75, 3.05) is 7.11 Å². The van der Waals surface area contributed by atoms with Crippen LogP contribution in [-0.4, -0.2) is 18.2 Å². The molecule has 5 heteroatoms. The highest BCUT2D eigenvalue weighted by molar-refractivity contribution is 6.33. The Labute approximate surface area is 120 Å². The summed E-state index contributed by atoms with van der Waals surface area (Å²) in [5, 5.41) is 9.71. The van der Waals surface area contributed by atoms with Crippen molar-refractivity contribution in [3.63, 3.8) is 0 Å². The Morgan fingerprint density at radius 3 is 2.26 bits per heavy atom. The second-order valence-electron chi connectivity index (χ2n) is 3.85. The number of hydrogen-bond donors (Lipinski definition) is 1. The molecule has 0 atom stereocenters. The first-order valence-electron chi connectivity index (χ1n) is 5.39. The molecule has 0 spiro atoms. The molecule has 0 bridgehead atoms. The Bertz CT molecular complexity index is 639. The standard InChI is InChI=1S/C14H10Cl2O3/c1-19-13-5-3-9(7-12(13)16)8-2-4-11(15)10(6-8)14(17)18/h2-7H,1H3,(H,17,18). The van der Waals surface area contributed by atoms with Crippen LogP contribution in [0.3, 0.4) is 0 Å². The zero-order chi connectivity index (χ0) is 14.0. The van der Waals surface area contributed by atoms with E-state index in [1.807, 2.05) is 0 Å². The SMILES string of the molecule is COc1ccc(-c2ccc(Cl)c(C(=O)O)c2)cc1Cl. The number of hydrogen-bond acceptors (Lipinski definition) is 2. The lowest BCUT2D eigenvalue weighted by Crippen LogP contribution is -1.97. The molecule has 2 aromatic carbocycles. The number of ether oxygens (including phenoxy) is 1. The molecule has 0 unspecified atom stereocenters. The van der Waals surface area contributed by atoms with Gasteiger partial charge in [0.1, 0.15) is 5.75 Å². The third kappa shape index (κ3) is 2.83. The van der Waals surface area contributed by atoms with Gasteiger partial charge in [0.25, 0.3) is 0 Å². The Kier molecular flexibility index (Phi) is 3.98. The fourth-order valence-electron chi connectivity index (χ4n) is 1.71. The first kappa shape index (κ1) is 13.7. The van der Waals surface area contributed by atoms with Gasteiger partial charge in [0.2, 0.25) is 0 Å². The van der Waals surface area contributed by atoms with Crippen molar-refractivity contribution in [3.8, 4) is 16.9 Å². The molecule has 0 fully saturated rings. The molecule has 0 amide bonds. The number of methoxy groups -OCH3 is 1. The minimum absolute atomic E-state index is 0.0612. The van der Waals surface area contributed by atoms with Crippen molar-refractivity contribution in [1.29, 1.82) is 0 Å². The number of halogens is 2. The van der Waals surface area contributed by atoms with Crippen LogP contribution in [0.1, 0.15) is 10.4 Å². The number of aromatic carboxylic acids is 1. The molecular formula is C14H10Cl2O3. The van der Waals surface area contributed by atoms with Gasteiger partial charge in [-0.2, -0.15) is 0 Å². The molecule has 0 aliphatic carbocycles. The van der Waals surface area contributed by atoms with Gasteiger partial charge in [-0.3, -0.25) is 0 Å². The van der Waals surface area contributed by atoms with E-state index in [0.717, 1.165) is 11.1 Å². The highest BCUT2D eigenvalue weighted by Gasteiger charge is 2.11. The molecule has 2 rings (SSSR count). The monoisotopic (exact) mass is 296 g/mol. The van der Waals surface area contributed by atoms with Crippen LogP contribution in [0.25, 0.3) is 11.1 Å². The van der Waals surface area contributed by atoms with Crippen molar-refractivity contribution in [3.05, 3.63) is 52.0 Å². The van der Waals surface area contributed by atoms with E-state index in [-0.39, 0.29) is 10.6 Å². The van der Waals surface area contributed by atoms with Crippen molar-refractivity contribution in [1.82, 2.24) is 0 Å².